The first-order chi connectivity index (χ1) is 8.72. The van der Waals surface area contributed by atoms with E-state index in [2.05, 4.69) is 39.2 Å². The Morgan fingerprint density at radius 2 is 2.11 bits per heavy atom. The molecule has 96 valence electrons. The van der Waals surface area contributed by atoms with E-state index >= 15 is 0 Å². The van der Waals surface area contributed by atoms with Crippen molar-refractivity contribution in [1.29, 1.82) is 0 Å². The Morgan fingerprint density at radius 3 is 2.78 bits per heavy atom. The van der Waals surface area contributed by atoms with E-state index < -0.39 is 0 Å². The zero-order valence-electron chi connectivity index (χ0n) is 10.6. The molecular weight excluding hydrogens is 230 g/mol. The predicted molar refractivity (Wildman–Crippen MR) is 68.4 cm³/mol. The van der Waals surface area contributed by atoms with Gasteiger partial charge in [-0.05, 0) is 19.9 Å². The summed E-state index contributed by atoms with van der Waals surface area (Å²) in [5.41, 5.74) is 0.921. The molecule has 3 heterocycles. The first-order valence-electron chi connectivity index (χ1n) is 6.18. The Balaban J connectivity index is 1.80. The van der Waals surface area contributed by atoms with E-state index in [0.717, 1.165) is 30.4 Å². The SMILES string of the molecule is CC1CN(c2n[nH]c(-c3ccoc3)n2)CC(C)N1. The summed E-state index contributed by atoms with van der Waals surface area (Å²) in [7, 11) is 0. The van der Waals surface area contributed by atoms with Crippen LogP contribution in [0.5, 0.6) is 0 Å². The minimum atomic E-state index is 0.449. The lowest BCUT2D eigenvalue weighted by Gasteiger charge is -2.35. The molecule has 1 saturated heterocycles. The van der Waals surface area contributed by atoms with Crippen LogP contribution in [0, 0.1) is 0 Å². The molecule has 2 unspecified atom stereocenters. The highest BCUT2D eigenvalue weighted by Crippen LogP contribution is 2.19. The van der Waals surface area contributed by atoms with Gasteiger partial charge in [0.15, 0.2) is 5.82 Å². The molecule has 6 heteroatoms. The highest BCUT2D eigenvalue weighted by molar-refractivity contribution is 5.54. The molecule has 0 bridgehead atoms. The monoisotopic (exact) mass is 247 g/mol. The molecule has 18 heavy (non-hydrogen) atoms. The van der Waals surface area contributed by atoms with Crippen LogP contribution in [0.15, 0.2) is 23.0 Å². The van der Waals surface area contributed by atoms with Gasteiger partial charge in [-0.1, -0.05) is 0 Å². The zero-order valence-corrected chi connectivity index (χ0v) is 10.6. The highest BCUT2D eigenvalue weighted by Gasteiger charge is 2.23. The second-order valence-electron chi connectivity index (χ2n) is 4.87. The van der Waals surface area contributed by atoms with Crippen LogP contribution < -0.4 is 10.2 Å². The standard InChI is InChI=1S/C12H17N5O/c1-8-5-17(6-9(2)13-8)12-14-11(15-16-12)10-3-4-18-7-10/h3-4,7-9,13H,5-6H2,1-2H3,(H,14,15,16). The maximum absolute atomic E-state index is 5.05. The molecule has 0 amide bonds. The summed E-state index contributed by atoms with van der Waals surface area (Å²) < 4.78 is 5.05. The maximum Gasteiger partial charge on any atom is 0.245 e. The lowest BCUT2D eigenvalue weighted by Crippen LogP contribution is -2.54. The van der Waals surface area contributed by atoms with E-state index in [4.69, 9.17) is 4.42 Å². The average Bonchev–Trinajstić information content (AvgIpc) is 2.99. The Morgan fingerprint density at radius 1 is 1.33 bits per heavy atom. The van der Waals surface area contributed by atoms with Gasteiger partial charge in [-0.3, -0.25) is 5.10 Å². The lowest BCUT2D eigenvalue weighted by molar-refractivity contribution is 0.403. The van der Waals surface area contributed by atoms with Gasteiger partial charge in [0.2, 0.25) is 5.95 Å². The van der Waals surface area contributed by atoms with Gasteiger partial charge in [-0.25, -0.2) is 0 Å². The summed E-state index contributed by atoms with van der Waals surface area (Å²) in [4.78, 5) is 6.72. The molecule has 2 aromatic heterocycles. The fourth-order valence-electron chi connectivity index (χ4n) is 2.41. The summed E-state index contributed by atoms with van der Waals surface area (Å²) in [6.45, 7) is 6.19. The summed E-state index contributed by atoms with van der Waals surface area (Å²) >= 11 is 0. The smallest absolute Gasteiger partial charge is 0.245 e. The molecule has 3 rings (SSSR count). The largest absolute Gasteiger partial charge is 0.472 e. The Hall–Kier alpha value is -1.82. The average molecular weight is 247 g/mol. The second kappa shape index (κ2) is 4.45. The van der Waals surface area contributed by atoms with E-state index in [9.17, 15) is 0 Å². The molecule has 1 aliphatic rings. The molecule has 0 radical (unpaired) electrons. The van der Waals surface area contributed by atoms with Crippen molar-refractivity contribution in [3.63, 3.8) is 0 Å². The van der Waals surface area contributed by atoms with Gasteiger partial charge in [0.1, 0.15) is 6.26 Å². The van der Waals surface area contributed by atoms with Crippen molar-refractivity contribution in [1.82, 2.24) is 20.5 Å². The van der Waals surface area contributed by atoms with E-state index in [-0.39, 0.29) is 0 Å². The number of aromatic amines is 1. The third kappa shape index (κ3) is 2.11. The number of aromatic nitrogens is 3. The number of piperazine rings is 1. The van der Waals surface area contributed by atoms with Crippen LogP contribution in [0.2, 0.25) is 0 Å². The summed E-state index contributed by atoms with van der Waals surface area (Å²) in [5.74, 6) is 1.50. The van der Waals surface area contributed by atoms with Crippen molar-refractivity contribution in [2.24, 2.45) is 0 Å². The van der Waals surface area contributed by atoms with Gasteiger partial charge in [0, 0.05) is 25.2 Å². The molecular formula is C12H17N5O. The number of H-pyrrole nitrogens is 1. The van der Waals surface area contributed by atoms with Gasteiger partial charge < -0.3 is 14.6 Å². The molecule has 2 atom stereocenters. The molecule has 0 aromatic carbocycles. The number of rotatable bonds is 2. The van der Waals surface area contributed by atoms with Crippen LogP contribution in [-0.4, -0.2) is 40.4 Å². The minimum absolute atomic E-state index is 0.449. The van der Waals surface area contributed by atoms with Crippen LogP contribution in [0.3, 0.4) is 0 Å². The first kappa shape index (κ1) is 11.3. The van der Waals surface area contributed by atoms with E-state index in [1.807, 2.05) is 6.07 Å². The molecule has 0 aliphatic carbocycles. The molecule has 0 spiro atoms. The van der Waals surface area contributed by atoms with Gasteiger partial charge in [0.05, 0.1) is 11.8 Å². The topological polar surface area (TPSA) is 70.0 Å². The second-order valence-corrected chi connectivity index (χ2v) is 4.87. The van der Waals surface area contributed by atoms with E-state index in [0.29, 0.717) is 12.1 Å². The van der Waals surface area contributed by atoms with Gasteiger partial charge in [-0.15, -0.1) is 5.10 Å². The number of nitrogens with zero attached hydrogens (tertiary/aromatic N) is 3. The maximum atomic E-state index is 5.05. The van der Waals surface area contributed by atoms with Crippen LogP contribution in [0.4, 0.5) is 5.95 Å². The van der Waals surface area contributed by atoms with Gasteiger partial charge >= 0.3 is 0 Å². The minimum Gasteiger partial charge on any atom is -0.472 e. The molecule has 2 N–H and O–H groups in total. The van der Waals surface area contributed by atoms with Crippen molar-refractivity contribution in [3.8, 4) is 11.4 Å². The zero-order chi connectivity index (χ0) is 12.5. The van der Waals surface area contributed by atoms with Crippen molar-refractivity contribution in [2.75, 3.05) is 18.0 Å². The third-order valence-corrected chi connectivity index (χ3v) is 3.11. The molecule has 0 saturated carbocycles. The Bertz CT molecular complexity index is 496. The molecule has 6 nitrogen and oxygen atoms in total. The number of nitrogens with one attached hydrogen (secondary N) is 2. The predicted octanol–water partition coefficient (Wildman–Crippen LogP) is 1.25. The molecule has 1 aliphatic heterocycles. The van der Waals surface area contributed by atoms with Crippen LogP contribution >= 0.6 is 0 Å². The first-order valence-corrected chi connectivity index (χ1v) is 6.18. The van der Waals surface area contributed by atoms with Crippen molar-refractivity contribution in [3.05, 3.63) is 18.6 Å². The molecule has 1 fully saturated rings. The van der Waals surface area contributed by atoms with Crippen molar-refractivity contribution < 1.29 is 4.42 Å². The number of anilines is 1. The van der Waals surface area contributed by atoms with Crippen molar-refractivity contribution >= 4 is 5.95 Å². The van der Waals surface area contributed by atoms with Gasteiger partial charge in [-0.2, -0.15) is 4.98 Å². The fraction of sp³-hybridized carbons (Fsp3) is 0.500. The Kier molecular flexibility index (Phi) is 2.79. The highest BCUT2D eigenvalue weighted by atomic mass is 16.3. The number of furan rings is 1. The normalized spacial score (nSPS) is 24.4. The van der Waals surface area contributed by atoms with Crippen LogP contribution in [-0.2, 0) is 0 Å². The van der Waals surface area contributed by atoms with E-state index in [1.165, 1.54) is 0 Å². The number of hydrogen-bond acceptors (Lipinski definition) is 5. The summed E-state index contributed by atoms with van der Waals surface area (Å²) in [6.07, 6.45) is 3.29. The number of hydrogen-bond donors (Lipinski definition) is 2. The quantitative estimate of drug-likeness (QED) is 0.836. The third-order valence-electron chi connectivity index (χ3n) is 3.11. The lowest BCUT2D eigenvalue weighted by atomic mass is 10.1. The van der Waals surface area contributed by atoms with Crippen LogP contribution in [0.25, 0.3) is 11.4 Å². The van der Waals surface area contributed by atoms with Crippen molar-refractivity contribution in [2.45, 2.75) is 25.9 Å². The van der Waals surface area contributed by atoms with Gasteiger partial charge in [0.25, 0.3) is 0 Å². The Labute approximate surface area is 105 Å². The fourth-order valence-corrected chi connectivity index (χ4v) is 2.41. The summed E-state index contributed by atoms with van der Waals surface area (Å²) in [6, 6.07) is 2.77. The summed E-state index contributed by atoms with van der Waals surface area (Å²) in [5, 5.41) is 10.7. The van der Waals surface area contributed by atoms with E-state index in [1.54, 1.807) is 12.5 Å². The van der Waals surface area contributed by atoms with Crippen LogP contribution in [0.1, 0.15) is 13.8 Å². The molecule has 2 aromatic rings.